The second-order valence-corrected chi connectivity index (χ2v) is 5.24. The predicted molar refractivity (Wildman–Crippen MR) is 70.9 cm³/mol. The Bertz CT molecular complexity index is 419. The van der Waals surface area contributed by atoms with Crippen molar-refractivity contribution in [2.24, 2.45) is 7.05 Å². The maximum Gasteiger partial charge on any atom is 0.390 e. The lowest BCUT2D eigenvalue weighted by Gasteiger charge is -2.32. The minimum atomic E-state index is -0.457. The number of nitrogens with zero attached hydrogens (tertiary/aromatic N) is 4. The first kappa shape index (κ1) is 18.4. The zero-order chi connectivity index (χ0) is 13.8. The third-order valence-corrected chi connectivity index (χ3v) is 3.33. The molecule has 6 nitrogen and oxygen atoms in total. The van der Waals surface area contributed by atoms with E-state index in [9.17, 15) is 10.1 Å². The minimum absolute atomic E-state index is 0. The molecule has 0 bridgehead atoms. The average Bonchev–Trinajstić information content (AvgIpc) is 2.61. The van der Waals surface area contributed by atoms with E-state index in [1.807, 2.05) is 7.05 Å². The fourth-order valence-corrected chi connectivity index (χ4v) is 2.63. The van der Waals surface area contributed by atoms with Gasteiger partial charge in [0, 0.05) is 7.05 Å². The smallest absolute Gasteiger partial charge is 0.390 e. The van der Waals surface area contributed by atoms with Crippen LogP contribution >= 0.6 is 23.2 Å². The van der Waals surface area contributed by atoms with Crippen LogP contribution in [0.4, 0.5) is 5.82 Å². The van der Waals surface area contributed by atoms with Gasteiger partial charge in [0.15, 0.2) is 5.69 Å². The van der Waals surface area contributed by atoms with Gasteiger partial charge in [-0.1, -0.05) is 0 Å². The van der Waals surface area contributed by atoms with Crippen molar-refractivity contribution < 1.29 is 21.8 Å². The summed E-state index contributed by atoms with van der Waals surface area (Å²) in [6.07, 6.45) is 1.46. The van der Waals surface area contributed by atoms with E-state index in [0.717, 1.165) is 0 Å². The van der Waals surface area contributed by atoms with Gasteiger partial charge >= 0.3 is 5.82 Å². The molecule has 9 heteroatoms. The van der Waals surface area contributed by atoms with Gasteiger partial charge in [-0.25, -0.2) is 0 Å². The quantitative estimate of drug-likeness (QED) is 0.272. The second-order valence-electron chi connectivity index (χ2n) is 4.49. The summed E-state index contributed by atoms with van der Waals surface area (Å²) in [6, 6.07) is 0. The molecular formula is C10H17Cl3N4O2. The molecule has 0 saturated heterocycles. The Labute approximate surface area is 128 Å². The lowest BCUT2D eigenvalue weighted by molar-refractivity contribution is -0.918. The summed E-state index contributed by atoms with van der Waals surface area (Å²) in [5, 5.41) is 10.9. The van der Waals surface area contributed by atoms with Crippen LogP contribution in [-0.4, -0.2) is 50.9 Å². The van der Waals surface area contributed by atoms with Crippen LogP contribution in [-0.2, 0) is 13.6 Å². The van der Waals surface area contributed by atoms with Crippen molar-refractivity contribution in [3.8, 4) is 0 Å². The van der Waals surface area contributed by atoms with Crippen LogP contribution in [0.15, 0.2) is 6.33 Å². The van der Waals surface area contributed by atoms with E-state index < -0.39 is 4.92 Å². The number of hydrogen-bond donors (Lipinski definition) is 0. The molecule has 0 aliphatic rings. The lowest BCUT2D eigenvalue weighted by atomic mass is 10.3. The molecule has 110 valence electrons. The molecule has 0 aliphatic heterocycles. The Morgan fingerprint density at radius 1 is 1.42 bits per heavy atom. The molecular weight excluding hydrogens is 314 g/mol. The fraction of sp³-hybridized carbons (Fsp3) is 0.700. The van der Waals surface area contributed by atoms with Gasteiger partial charge in [-0.2, -0.15) is 0 Å². The zero-order valence-corrected chi connectivity index (χ0v) is 13.1. The van der Waals surface area contributed by atoms with Crippen LogP contribution in [0, 0.1) is 10.1 Å². The van der Waals surface area contributed by atoms with Gasteiger partial charge in [-0.05, 0) is 9.91 Å². The van der Waals surface area contributed by atoms with Gasteiger partial charge in [-0.3, -0.25) is 0 Å². The van der Waals surface area contributed by atoms with Crippen molar-refractivity contribution in [2.45, 2.75) is 6.54 Å². The average molecular weight is 332 g/mol. The van der Waals surface area contributed by atoms with Crippen LogP contribution in [0.25, 0.3) is 0 Å². The molecule has 0 aliphatic carbocycles. The minimum Gasteiger partial charge on any atom is -1.00 e. The monoisotopic (exact) mass is 330 g/mol. The molecule has 0 aromatic carbocycles. The first-order valence-electron chi connectivity index (χ1n) is 5.53. The molecule has 19 heavy (non-hydrogen) atoms. The van der Waals surface area contributed by atoms with Gasteiger partial charge in [0.1, 0.15) is 6.54 Å². The highest BCUT2D eigenvalue weighted by Gasteiger charge is 2.29. The lowest BCUT2D eigenvalue weighted by Crippen LogP contribution is -3.00. The number of quaternary nitrogens is 1. The number of rotatable bonds is 7. The largest absolute Gasteiger partial charge is 1.00 e. The number of imidazole rings is 1. The molecule has 1 rings (SSSR count). The molecule has 0 N–H and O–H groups in total. The van der Waals surface area contributed by atoms with Crippen molar-refractivity contribution >= 4 is 29.0 Å². The molecule has 0 unspecified atom stereocenters. The van der Waals surface area contributed by atoms with Gasteiger partial charge in [-0.15, -0.1) is 23.2 Å². The first-order chi connectivity index (χ1) is 8.43. The summed E-state index contributed by atoms with van der Waals surface area (Å²) in [7, 11) is 3.74. The molecule has 0 saturated carbocycles. The molecule has 0 fully saturated rings. The Balaban J connectivity index is 0.00000324. The topological polar surface area (TPSA) is 61.0 Å². The maximum absolute atomic E-state index is 10.9. The van der Waals surface area contributed by atoms with E-state index in [1.165, 1.54) is 6.33 Å². The molecule has 0 spiro atoms. The first-order valence-corrected chi connectivity index (χ1v) is 6.60. The molecule has 1 aromatic heterocycles. The molecule has 0 amide bonds. The van der Waals surface area contributed by atoms with Crippen LogP contribution in [0.1, 0.15) is 5.69 Å². The Kier molecular flexibility index (Phi) is 7.66. The molecule has 0 radical (unpaired) electrons. The van der Waals surface area contributed by atoms with E-state index in [2.05, 4.69) is 4.98 Å². The fourth-order valence-electron chi connectivity index (χ4n) is 1.82. The number of alkyl halides is 2. The highest BCUT2D eigenvalue weighted by atomic mass is 35.5. The normalized spacial score (nSPS) is 11.2. The second kappa shape index (κ2) is 7.89. The SMILES string of the molecule is Cn1cnc([N+](=O)[O-])c1C[N+](C)(CCCl)CCCl.[Cl-]. The Hall–Kier alpha value is -0.560. The van der Waals surface area contributed by atoms with Crippen molar-refractivity contribution in [3.05, 3.63) is 22.1 Å². The van der Waals surface area contributed by atoms with Crippen LogP contribution < -0.4 is 12.4 Å². The number of nitro groups is 1. The highest BCUT2D eigenvalue weighted by Crippen LogP contribution is 2.20. The van der Waals surface area contributed by atoms with Crippen LogP contribution in [0.3, 0.4) is 0 Å². The van der Waals surface area contributed by atoms with Crippen LogP contribution in [0.2, 0.25) is 0 Å². The van der Waals surface area contributed by atoms with Crippen LogP contribution in [0.5, 0.6) is 0 Å². The van der Waals surface area contributed by atoms with Crippen molar-refractivity contribution in [2.75, 3.05) is 31.9 Å². The predicted octanol–water partition coefficient (Wildman–Crippen LogP) is -1.24. The van der Waals surface area contributed by atoms with E-state index in [-0.39, 0.29) is 18.2 Å². The van der Waals surface area contributed by atoms with Gasteiger partial charge in [0.25, 0.3) is 0 Å². The van der Waals surface area contributed by atoms with Gasteiger partial charge < -0.3 is 31.6 Å². The molecule has 1 heterocycles. The van der Waals surface area contributed by atoms with Gasteiger partial charge in [0.2, 0.25) is 6.33 Å². The van der Waals surface area contributed by atoms with Crippen molar-refractivity contribution in [3.63, 3.8) is 0 Å². The molecule has 0 atom stereocenters. The number of hydrogen-bond acceptors (Lipinski definition) is 3. The third kappa shape index (κ3) is 4.80. The summed E-state index contributed by atoms with van der Waals surface area (Å²) in [5.74, 6) is 0.879. The van der Waals surface area contributed by atoms with Crippen molar-refractivity contribution in [1.82, 2.24) is 9.55 Å². The van der Waals surface area contributed by atoms with E-state index >= 15 is 0 Å². The summed E-state index contributed by atoms with van der Waals surface area (Å²) in [4.78, 5) is 14.3. The number of aromatic nitrogens is 2. The third-order valence-electron chi connectivity index (χ3n) is 2.99. The standard InChI is InChI=1S/C10H17Cl2N4O2.ClH/c1-14-8-13-10(15(17)18)9(14)7-16(2,5-3-11)6-4-12;/h8H,3-7H2,1-2H3;1H/q+1;/p-1. The van der Waals surface area contributed by atoms with Gasteiger partial charge in [0.05, 0.1) is 31.9 Å². The van der Waals surface area contributed by atoms with E-state index in [0.29, 0.717) is 41.6 Å². The summed E-state index contributed by atoms with van der Waals surface area (Å²) in [6.45, 7) is 1.90. The number of aryl methyl sites for hydroxylation is 1. The van der Waals surface area contributed by atoms with E-state index in [1.54, 1.807) is 11.6 Å². The molecule has 1 aromatic rings. The Morgan fingerprint density at radius 2 is 1.95 bits per heavy atom. The van der Waals surface area contributed by atoms with Crippen molar-refractivity contribution in [1.29, 1.82) is 0 Å². The number of halogens is 3. The maximum atomic E-state index is 10.9. The Morgan fingerprint density at radius 3 is 2.37 bits per heavy atom. The summed E-state index contributed by atoms with van der Waals surface area (Å²) < 4.78 is 2.24. The van der Waals surface area contributed by atoms with E-state index in [4.69, 9.17) is 23.2 Å². The zero-order valence-electron chi connectivity index (χ0n) is 10.9. The summed E-state index contributed by atoms with van der Waals surface area (Å²) >= 11 is 11.6. The highest BCUT2D eigenvalue weighted by molar-refractivity contribution is 6.18. The summed E-state index contributed by atoms with van der Waals surface area (Å²) in [5.41, 5.74) is 0.595.